The van der Waals surface area contributed by atoms with E-state index in [9.17, 15) is 14.4 Å². The summed E-state index contributed by atoms with van der Waals surface area (Å²) in [5.41, 5.74) is 0. The minimum Gasteiger partial charge on any atom is -0.459 e. The van der Waals surface area contributed by atoms with Crippen molar-refractivity contribution in [3.63, 3.8) is 0 Å². The maximum absolute atomic E-state index is 11.8. The zero-order valence-corrected chi connectivity index (χ0v) is 15.0. The van der Waals surface area contributed by atoms with E-state index in [1.807, 2.05) is 18.2 Å². The van der Waals surface area contributed by atoms with Crippen LogP contribution in [0.15, 0.2) is 24.4 Å². The number of piperazine rings is 1. The van der Waals surface area contributed by atoms with Gasteiger partial charge in [0.1, 0.15) is 11.9 Å². The van der Waals surface area contributed by atoms with Crippen LogP contribution in [-0.2, 0) is 19.1 Å². The fourth-order valence-corrected chi connectivity index (χ4v) is 3.39. The molecule has 0 aliphatic carbocycles. The Kier molecular flexibility index (Phi) is 5.82. The molecule has 26 heavy (non-hydrogen) atoms. The van der Waals surface area contributed by atoms with Crippen LogP contribution < -0.4 is 4.90 Å². The smallest absolute Gasteiger partial charge is 0.303 e. The summed E-state index contributed by atoms with van der Waals surface area (Å²) in [5.74, 6) is 0.178. The molecule has 2 aliphatic rings. The topological polar surface area (TPSA) is 83.1 Å². The summed E-state index contributed by atoms with van der Waals surface area (Å²) < 4.78 is 5.37. The van der Waals surface area contributed by atoms with Crippen LogP contribution in [0.3, 0.4) is 0 Å². The van der Waals surface area contributed by atoms with Crippen molar-refractivity contribution in [2.75, 3.05) is 44.2 Å². The first kappa shape index (κ1) is 18.3. The summed E-state index contributed by atoms with van der Waals surface area (Å²) in [6.07, 6.45) is 1.77. The number of pyridine rings is 1. The Bertz CT molecular complexity index is 642. The number of carbonyl (C=O) groups is 3. The number of esters is 1. The highest BCUT2D eigenvalue weighted by molar-refractivity contribution is 6.01. The van der Waals surface area contributed by atoms with Crippen molar-refractivity contribution < 1.29 is 19.1 Å². The predicted octanol–water partition coefficient (Wildman–Crippen LogP) is 0.284. The van der Waals surface area contributed by atoms with Gasteiger partial charge in [-0.1, -0.05) is 6.07 Å². The molecule has 2 aliphatic heterocycles. The third-order valence-corrected chi connectivity index (χ3v) is 4.68. The van der Waals surface area contributed by atoms with Gasteiger partial charge in [0.2, 0.25) is 11.8 Å². The zero-order chi connectivity index (χ0) is 18.5. The van der Waals surface area contributed by atoms with E-state index < -0.39 is 12.1 Å². The number of ether oxygens (including phenoxy) is 1. The van der Waals surface area contributed by atoms with Crippen LogP contribution in [0.5, 0.6) is 0 Å². The molecule has 8 nitrogen and oxygen atoms in total. The van der Waals surface area contributed by atoms with Gasteiger partial charge >= 0.3 is 5.97 Å². The largest absolute Gasteiger partial charge is 0.459 e. The average Bonchev–Trinajstić information content (AvgIpc) is 2.94. The van der Waals surface area contributed by atoms with E-state index in [1.54, 1.807) is 6.20 Å². The molecule has 1 aromatic heterocycles. The minimum absolute atomic E-state index is 0.137. The molecule has 1 atom stereocenters. The quantitative estimate of drug-likeness (QED) is 0.532. The van der Waals surface area contributed by atoms with Crippen LogP contribution in [0.1, 0.15) is 19.8 Å². The normalized spacial score (nSPS) is 19.7. The molecule has 1 aromatic rings. The lowest BCUT2D eigenvalue weighted by Gasteiger charge is -2.37. The Balaban J connectivity index is 1.55. The summed E-state index contributed by atoms with van der Waals surface area (Å²) in [7, 11) is 0. The number of carbonyl (C=O) groups excluding carboxylic acids is 3. The summed E-state index contributed by atoms with van der Waals surface area (Å²) in [4.78, 5) is 45.1. The van der Waals surface area contributed by atoms with Crippen LogP contribution in [0.2, 0.25) is 0 Å². The molecule has 0 saturated carbocycles. The van der Waals surface area contributed by atoms with Gasteiger partial charge in [0.15, 0.2) is 0 Å². The molecule has 0 bridgehead atoms. The van der Waals surface area contributed by atoms with Crippen LogP contribution in [0.4, 0.5) is 5.82 Å². The first-order valence-corrected chi connectivity index (χ1v) is 8.91. The summed E-state index contributed by atoms with van der Waals surface area (Å²) in [6.45, 7) is 5.24. The Morgan fingerprint density at radius 1 is 1.12 bits per heavy atom. The molecule has 2 amide bonds. The Morgan fingerprint density at radius 3 is 2.38 bits per heavy atom. The monoisotopic (exact) mass is 360 g/mol. The lowest BCUT2D eigenvalue weighted by atomic mass is 10.2. The van der Waals surface area contributed by atoms with E-state index in [1.165, 1.54) is 11.8 Å². The van der Waals surface area contributed by atoms with Gasteiger partial charge in [0, 0.05) is 58.7 Å². The highest BCUT2D eigenvalue weighted by atomic mass is 16.5. The maximum atomic E-state index is 11.8. The number of amides is 2. The minimum atomic E-state index is -0.500. The van der Waals surface area contributed by atoms with Crippen LogP contribution in [-0.4, -0.2) is 77.9 Å². The highest BCUT2D eigenvalue weighted by Gasteiger charge is 2.33. The van der Waals surface area contributed by atoms with Crippen LogP contribution in [0.25, 0.3) is 0 Å². The SMILES string of the molecule is CC(=O)OC(CN1CCN(c2ccccn2)CC1)CN1C(=O)CCC1=O. The molecule has 0 N–H and O–H groups in total. The summed E-state index contributed by atoms with van der Waals surface area (Å²) in [5, 5.41) is 0. The average molecular weight is 360 g/mol. The summed E-state index contributed by atoms with van der Waals surface area (Å²) in [6, 6.07) is 5.85. The number of imide groups is 1. The second-order valence-electron chi connectivity index (χ2n) is 6.61. The number of hydrogen-bond acceptors (Lipinski definition) is 7. The van der Waals surface area contributed by atoms with E-state index in [-0.39, 0.29) is 31.2 Å². The number of aromatic nitrogens is 1. The molecule has 8 heteroatoms. The van der Waals surface area contributed by atoms with Crippen molar-refractivity contribution in [1.82, 2.24) is 14.8 Å². The fraction of sp³-hybridized carbons (Fsp3) is 0.556. The van der Waals surface area contributed by atoms with Crippen molar-refractivity contribution in [2.24, 2.45) is 0 Å². The molecular weight excluding hydrogens is 336 g/mol. The Morgan fingerprint density at radius 2 is 1.81 bits per heavy atom. The first-order chi connectivity index (χ1) is 12.5. The highest BCUT2D eigenvalue weighted by Crippen LogP contribution is 2.16. The number of hydrogen-bond donors (Lipinski definition) is 0. The molecule has 2 fully saturated rings. The summed E-state index contributed by atoms with van der Waals surface area (Å²) >= 11 is 0. The fourth-order valence-electron chi connectivity index (χ4n) is 3.39. The Hall–Kier alpha value is -2.48. The second kappa shape index (κ2) is 8.27. The predicted molar refractivity (Wildman–Crippen MR) is 94.4 cm³/mol. The maximum Gasteiger partial charge on any atom is 0.303 e. The molecule has 3 rings (SSSR count). The van der Waals surface area contributed by atoms with E-state index in [4.69, 9.17) is 4.74 Å². The standard InChI is InChI=1S/C18H24N4O4/c1-14(23)26-15(13-22-17(24)5-6-18(22)25)12-20-8-10-21(11-9-20)16-4-2-3-7-19-16/h2-4,7,15H,5-6,8-13H2,1H3. The van der Waals surface area contributed by atoms with Gasteiger partial charge in [-0.2, -0.15) is 0 Å². The third kappa shape index (κ3) is 4.57. The molecule has 3 heterocycles. The van der Waals surface area contributed by atoms with Crippen molar-refractivity contribution in [1.29, 1.82) is 0 Å². The number of nitrogens with zero attached hydrogens (tertiary/aromatic N) is 4. The van der Waals surface area contributed by atoms with Gasteiger partial charge in [0.25, 0.3) is 0 Å². The molecule has 0 aromatic carbocycles. The van der Waals surface area contributed by atoms with E-state index >= 15 is 0 Å². The van der Waals surface area contributed by atoms with Crippen molar-refractivity contribution in [2.45, 2.75) is 25.9 Å². The number of anilines is 1. The van der Waals surface area contributed by atoms with E-state index in [2.05, 4.69) is 14.8 Å². The lowest BCUT2D eigenvalue weighted by Crippen LogP contribution is -2.51. The molecule has 0 radical (unpaired) electrons. The van der Waals surface area contributed by atoms with Gasteiger partial charge in [0.05, 0.1) is 6.54 Å². The van der Waals surface area contributed by atoms with E-state index in [0.29, 0.717) is 6.54 Å². The van der Waals surface area contributed by atoms with Crippen molar-refractivity contribution in [3.05, 3.63) is 24.4 Å². The first-order valence-electron chi connectivity index (χ1n) is 8.91. The van der Waals surface area contributed by atoms with Gasteiger partial charge < -0.3 is 9.64 Å². The molecular formula is C18H24N4O4. The van der Waals surface area contributed by atoms with Crippen molar-refractivity contribution in [3.8, 4) is 0 Å². The molecule has 140 valence electrons. The van der Waals surface area contributed by atoms with Crippen LogP contribution in [0, 0.1) is 0 Å². The van der Waals surface area contributed by atoms with Gasteiger partial charge in [-0.25, -0.2) is 4.98 Å². The molecule has 2 saturated heterocycles. The second-order valence-corrected chi connectivity index (χ2v) is 6.61. The lowest BCUT2D eigenvalue weighted by molar-refractivity contribution is -0.153. The van der Waals surface area contributed by atoms with Gasteiger partial charge in [-0.05, 0) is 12.1 Å². The molecule has 1 unspecified atom stereocenters. The Labute approximate surface area is 152 Å². The van der Waals surface area contributed by atoms with Crippen LogP contribution >= 0.6 is 0 Å². The molecule has 0 spiro atoms. The number of likely N-dealkylation sites (tertiary alicyclic amines) is 1. The van der Waals surface area contributed by atoms with Gasteiger partial charge in [-0.3, -0.25) is 24.2 Å². The zero-order valence-electron chi connectivity index (χ0n) is 15.0. The van der Waals surface area contributed by atoms with E-state index in [0.717, 1.165) is 32.0 Å². The van der Waals surface area contributed by atoms with Gasteiger partial charge in [-0.15, -0.1) is 0 Å². The third-order valence-electron chi connectivity index (χ3n) is 4.68. The van der Waals surface area contributed by atoms with Crippen molar-refractivity contribution >= 4 is 23.6 Å². The number of rotatable bonds is 6.